The molecule has 112 valence electrons. The molecule has 0 aromatic heterocycles. The summed E-state index contributed by atoms with van der Waals surface area (Å²) >= 11 is 0. The van der Waals surface area contributed by atoms with E-state index >= 15 is 0 Å². The van der Waals surface area contributed by atoms with Gasteiger partial charge in [0.05, 0.1) is 12.2 Å². The van der Waals surface area contributed by atoms with Gasteiger partial charge in [0.2, 0.25) is 0 Å². The molecule has 0 aliphatic carbocycles. The normalized spacial score (nSPS) is 12.4. The highest BCUT2D eigenvalue weighted by atomic mass is 16.6. The molecule has 20 heavy (non-hydrogen) atoms. The van der Waals surface area contributed by atoms with Crippen LogP contribution in [0.25, 0.3) is 0 Å². The summed E-state index contributed by atoms with van der Waals surface area (Å²) in [6, 6.07) is 7.47. The number of esters is 1. The summed E-state index contributed by atoms with van der Waals surface area (Å²) in [7, 11) is 1.63. The maximum Gasteiger partial charge on any atom is 0.338 e. The maximum atomic E-state index is 12.1. The van der Waals surface area contributed by atoms with Crippen LogP contribution in [0.2, 0.25) is 0 Å². The van der Waals surface area contributed by atoms with Crippen LogP contribution < -0.4 is 0 Å². The van der Waals surface area contributed by atoms with Gasteiger partial charge in [0, 0.05) is 7.11 Å². The van der Waals surface area contributed by atoms with Crippen LogP contribution in [-0.2, 0) is 9.47 Å². The predicted octanol–water partition coefficient (Wildman–Crippen LogP) is 3.99. The summed E-state index contributed by atoms with van der Waals surface area (Å²) < 4.78 is 10.7. The minimum atomic E-state index is -0.264. The summed E-state index contributed by atoms with van der Waals surface area (Å²) in [4.78, 5) is 12.1. The van der Waals surface area contributed by atoms with Crippen molar-refractivity contribution in [1.82, 2.24) is 0 Å². The first-order valence-electron chi connectivity index (χ1n) is 7.29. The second-order valence-corrected chi connectivity index (χ2v) is 5.68. The highest BCUT2D eigenvalue weighted by molar-refractivity contribution is 5.89. The maximum absolute atomic E-state index is 12.1. The fourth-order valence-electron chi connectivity index (χ4n) is 2.11. The van der Waals surface area contributed by atoms with E-state index in [1.54, 1.807) is 13.2 Å². The number of hydrogen-bond acceptors (Lipinski definition) is 3. The quantitative estimate of drug-likeness (QED) is 0.674. The van der Waals surface area contributed by atoms with Crippen molar-refractivity contribution in [3.05, 3.63) is 35.4 Å². The minimum absolute atomic E-state index is 0.160. The zero-order valence-corrected chi connectivity index (χ0v) is 13.0. The smallest absolute Gasteiger partial charge is 0.338 e. The first kappa shape index (κ1) is 16.7. The average molecular weight is 278 g/mol. The molecule has 1 rings (SSSR count). The fourth-order valence-corrected chi connectivity index (χ4v) is 2.11. The van der Waals surface area contributed by atoms with E-state index in [0.717, 1.165) is 24.8 Å². The van der Waals surface area contributed by atoms with Gasteiger partial charge in [-0.25, -0.2) is 4.79 Å². The van der Waals surface area contributed by atoms with Gasteiger partial charge in [-0.2, -0.15) is 0 Å². The lowest BCUT2D eigenvalue weighted by Gasteiger charge is -2.17. The third-order valence-corrected chi connectivity index (χ3v) is 3.19. The fraction of sp³-hybridized carbons (Fsp3) is 0.588. The Kier molecular flexibility index (Phi) is 7.31. The SMILES string of the molecule is COCC(CCCC(C)C)OC(=O)c1cccc(C)c1. The Morgan fingerprint density at radius 1 is 1.25 bits per heavy atom. The van der Waals surface area contributed by atoms with Crippen LogP contribution in [0.4, 0.5) is 0 Å². The lowest BCUT2D eigenvalue weighted by molar-refractivity contribution is 0.00218. The topological polar surface area (TPSA) is 35.5 Å². The van der Waals surface area contributed by atoms with Gasteiger partial charge in [-0.3, -0.25) is 0 Å². The lowest BCUT2D eigenvalue weighted by Crippen LogP contribution is -2.23. The molecule has 3 heteroatoms. The van der Waals surface area contributed by atoms with Gasteiger partial charge in [0.25, 0.3) is 0 Å². The molecule has 0 aliphatic heterocycles. The van der Waals surface area contributed by atoms with Gasteiger partial charge in [-0.1, -0.05) is 38.0 Å². The molecule has 1 unspecified atom stereocenters. The average Bonchev–Trinajstić information content (AvgIpc) is 2.38. The predicted molar refractivity (Wildman–Crippen MR) is 80.9 cm³/mol. The van der Waals surface area contributed by atoms with Crippen LogP contribution in [0, 0.1) is 12.8 Å². The largest absolute Gasteiger partial charge is 0.456 e. The molecule has 1 atom stereocenters. The highest BCUT2D eigenvalue weighted by Gasteiger charge is 2.16. The Hall–Kier alpha value is -1.35. The van der Waals surface area contributed by atoms with Crippen molar-refractivity contribution in [1.29, 1.82) is 0 Å². The van der Waals surface area contributed by atoms with E-state index in [1.807, 2.05) is 25.1 Å². The van der Waals surface area contributed by atoms with Crippen molar-refractivity contribution in [2.24, 2.45) is 5.92 Å². The molecule has 0 bridgehead atoms. The third kappa shape index (κ3) is 6.20. The van der Waals surface area contributed by atoms with E-state index in [0.29, 0.717) is 18.1 Å². The summed E-state index contributed by atoms with van der Waals surface area (Å²) in [5, 5.41) is 0. The Bertz CT molecular complexity index is 412. The number of ether oxygens (including phenoxy) is 2. The van der Waals surface area contributed by atoms with E-state index in [-0.39, 0.29) is 12.1 Å². The Balaban J connectivity index is 2.53. The first-order chi connectivity index (χ1) is 9.52. The summed E-state index contributed by atoms with van der Waals surface area (Å²) in [5.41, 5.74) is 1.66. The molecule has 0 fully saturated rings. The number of carbonyl (C=O) groups is 1. The number of benzene rings is 1. The molecule has 1 aromatic rings. The molecule has 3 nitrogen and oxygen atoms in total. The van der Waals surface area contributed by atoms with Crippen LogP contribution in [0.3, 0.4) is 0 Å². The summed E-state index contributed by atoms with van der Waals surface area (Å²) in [5.74, 6) is 0.408. The van der Waals surface area contributed by atoms with Crippen molar-refractivity contribution in [3.8, 4) is 0 Å². The Morgan fingerprint density at radius 3 is 2.60 bits per heavy atom. The monoisotopic (exact) mass is 278 g/mol. The van der Waals surface area contributed by atoms with Crippen LogP contribution in [-0.4, -0.2) is 25.8 Å². The number of methoxy groups -OCH3 is 1. The lowest BCUT2D eigenvalue weighted by atomic mass is 10.0. The van der Waals surface area contributed by atoms with Gasteiger partial charge in [-0.15, -0.1) is 0 Å². The zero-order valence-electron chi connectivity index (χ0n) is 13.0. The zero-order chi connectivity index (χ0) is 15.0. The minimum Gasteiger partial charge on any atom is -0.456 e. The second-order valence-electron chi connectivity index (χ2n) is 5.68. The van der Waals surface area contributed by atoms with Gasteiger partial charge >= 0.3 is 5.97 Å². The second kappa shape index (κ2) is 8.75. The standard InChI is InChI=1S/C17H26O3/c1-13(2)7-5-10-16(12-19-4)20-17(18)15-9-6-8-14(3)11-15/h6,8-9,11,13,16H,5,7,10,12H2,1-4H3. The van der Waals surface area contributed by atoms with Gasteiger partial charge in [-0.05, 0) is 37.8 Å². The Labute approximate surface area is 122 Å². The van der Waals surface area contributed by atoms with Gasteiger partial charge < -0.3 is 9.47 Å². The van der Waals surface area contributed by atoms with E-state index in [9.17, 15) is 4.79 Å². The van der Waals surface area contributed by atoms with Crippen molar-refractivity contribution >= 4 is 5.97 Å². The molecular weight excluding hydrogens is 252 g/mol. The van der Waals surface area contributed by atoms with Crippen LogP contribution in [0.1, 0.15) is 49.0 Å². The summed E-state index contributed by atoms with van der Waals surface area (Å²) in [6.45, 7) is 6.82. The van der Waals surface area contributed by atoms with Crippen LogP contribution in [0.15, 0.2) is 24.3 Å². The molecule has 0 aliphatic rings. The highest BCUT2D eigenvalue weighted by Crippen LogP contribution is 2.13. The van der Waals surface area contributed by atoms with Crippen LogP contribution in [0.5, 0.6) is 0 Å². The molecule has 0 spiro atoms. The molecular formula is C17H26O3. The number of aryl methyl sites for hydroxylation is 1. The summed E-state index contributed by atoms with van der Waals surface area (Å²) in [6.07, 6.45) is 2.88. The molecule has 0 saturated heterocycles. The molecule has 0 radical (unpaired) electrons. The van der Waals surface area contributed by atoms with Crippen molar-refractivity contribution in [2.45, 2.75) is 46.1 Å². The van der Waals surface area contributed by atoms with Crippen molar-refractivity contribution in [3.63, 3.8) is 0 Å². The molecule has 0 heterocycles. The van der Waals surface area contributed by atoms with Gasteiger partial charge in [0.1, 0.15) is 6.10 Å². The number of carbonyl (C=O) groups excluding carboxylic acids is 1. The molecule has 0 saturated carbocycles. The number of rotatable bonds is 8. The molecule has 1 aromatic carbocycles. The first-order valence-corrected chi connectivity index (χ1v) is 7.29. The Morgan fingerprint density at radius 2 is 2.00 bits per heavy atom. The number of hydrogen-bond donors (Lipinski definition) is 0. The van der Waals surface area contributed by atoms with E-state index < -0.39 is 0 Å². The van der Waals surface area contributed by atoms with E-state index in [4.69, 9.17) is 9.47 Å². The molecule has 0 N–H and O–H groups in total. The molecule has 0 amide bonds. The van der Waals surface area contributed by atoms with Crippen molar-refractivity contribution < 1.29 is 14.3 Å². The van der Waals surface area contributed by atoms with Crippen molar-refractivity contribution in [2.75, 3.05) is 13.7 Å². The third-order valence-electron chi connectivity index (χ3n) is 3.19. The van der Waals surface area contributed by atoms with Crippen LogP contribution >= 0.6 is 0 Å². The van der Waals surface area contributed by atoms with Gasteiger partial charge in [0.15, 0.2) is 0 Å². The van der Waals surface area contributed by atoms with E-state index in [2.05, 4.69) is 13.8 Å². The van der Waals surface area contributed by atoms with E-state index in [1.165, 1.54) is 0 Å².